The zero-order valence-electron chi connectivity index (χ0n) is 16.7. The Morgan fingerprint density at radius 1 is 1.14 bits per heavy atom. The summed E-state index contributed by atoms with van der Waals surface area (Å²) in [5.74, 6) is 0.628. The van der Waals surface area contributed by atoms with Crippen molar-refractivity contribution < 1.29 is 4.74 Å². The molecule has 1 N–H and O–H groups in total. The standard InChI is InChI=1S/C22H25N5O2/c1-13-7-8-14-11-15(12-18(13)24-14)27-19-6-4-3-5-16(19)25-20(21(27)28)17-9-10-23-22(26-17)29-2/h3-6,9-10,13-15,18,24H,7-8,11-12H2,1-2H3. The van der Waals surface area contributed by atoms with Crippen LogP contribution in [0.4, 0.5) is 0 Å². The second kappa shape index (κ2) is 7.22. The fourth-order valence-electron chi connectivity index (χ4n) is 4.89. The van der Waals surface area contributed by atoms with Crippen molar-refractivity contribution >= 4 is 11.0 Å². The summed E-state index contributed by atoms with van der Waals surface area (Å²) in [6.07, 6.45) is 5.94. The van der Waals surface area contributed by atoms with Crippen LogP contribution in [0, 0.1) is 5.92 Å². The predicted molar refractivity (Wildman–Crippen MR) is 111 cm³/mol. The van der Waals surface area contributed by atoms with E-state index in [0.29, 0.717) is 29.4 Å². The molecule has 2 aliphatic heterocycles. The lowest BCUT2D eigenvalue weighted by molar-refractivity contribution is 0.144. The molecule has 0 spiro atoms. The number of methoxy groups -OCH3 is 1. The molecule has 4 unspecified atom stereocenters. The van der Waals surface area contributed by atoms with Crippen molar-refractivity contribution in [1.29, 1.82) is 0 Å². The molecule has 0 amide bonds. The molecule has 29 heavy (non-hydrogen) atoms. The Kier molecular flexibility index (Phi) is 4.54. The highest BCUT2D eigenvalue weighted by molar-refractivity contribution is 5.77. The Morgan fingerprint density at radius 3 is 2.86 bits per heavy atom. The molecule has 150 valence electrons. The quantitative estimate of drug-likeness (QED) is 0.739. The fraction of sp³-hybridized carbons (Fsp3) is 0.455. The zero-order valence-corrected chi connectivity index (χ0v) is 16.7. The summed E-state index contributed by atoms with van der Waals surface area (Å²) in [7, 11) is 1.51. The SMILES string of the molecule is COc1nccc(-c2nc3ccccc3n(C3CC4CCC(C)C(C3)N4)c2=O)n1. The van der Waals surface area contributed by atoms with Crippen molar-refractivity contribution in [2.75, 3.05) is 7.11 Å². The molecule has 2 aliphatic rings. The summed E-state index contributed by atoms with van der Waals surface area (Å²) in [5.41, 5.74) is 2.43. The van der Waals surface area contributed by atoms with Crippen LogP contribution in [0.2, 0.25) is 0 Å². The first-order valence-corrected chi connectivity index (χ1v) is 10.3. The summed E-state index contributed by atoms with van der Waals surface area (Å²) < 4.78 is 7.11. The van der Waals surface area contributed by atoms with Gasteiger partial charge < -0.3 is 14.6 Å². The maximum Gasteiger partial charge on any atom is 0.316 e. The minimum absolute atomic E-state index is 0.0953. The molecule has 0 saturated carbocycles. The van der Waals surface area contributed by atoms with Gasteiger partial charge in [0.25, 0.3) is 5.56 Å². The van der Waals surface area contributed by atoms with E-state index in [1.54, 1.807) is 12.3 Å². The molecule has 4 atom stereocenters. The monoisotopic (exact) mass is 391 g/mol. The largest absolute Gasteiger partial charge is 0.467 e. The summed E-state index contributed by atoms with van der Waals surface area (Å²) in [6.45, 7) is 2.31. The smallest absolute Gasteiger partial charge is 0.316 e. The molecule has 3 aromatic rings. The Balaban J connectivity index is 1.68. The molecule has 0 aliphatic carbocycles. The van der Waals surface area contributed by atoms with Crippen LogP contribution in [0.1, 0.15) is 38.6 Å². The molecule has 2 aromatic heterocycles. The number of piperidine rings is 2. The van der Waals surface area contributed by atoms with Crippen LogP contribution >= 0.6 is 0 Å². The van der Waals surface area contributed by atoms with E-state index in [2.05, 4.69) is 27.2 Å². The average Bonchev–Trinajstić information content (AvgIpc) is 2.76. The highest BCUT2D eigenvalue weighted by Crippen LogP contribution is 2.36. The summed E-state index contributed by atoms with van der Waals surface area (Å²) in [6, 6.07) is 10.9. The number of rotatable bonds is 3. The highest BCUT2D eigenvalue weighted by atomic mass is 16.5. The van der Waals surface area contributed by atoms with Gasteiger partial charge in [0.1, 0.15) is 5.69 Å². The third-order valence-electron chi connectivity index (χ3n) is 6.41. The van der Waals surface area contributed by atoms with Crippen molar-refractivity contribution in [2.45, 2.75) is 50.7 Å². The number of aromatic nitrogens is 4. The fourth-order valence-corrected chi connectivity index (χ4v) is 4.89. The molecule has 2 fully saturated rings. The Bertz CT molecular complexity index is 1110. The van der Waals surface area contributed by atoms with Gasteiger partial charge in [-0.15, -0.1) is 0 Å². The van der Waals surface area contributed by atoms with Crippen molar-refractivity contribution in [1.82, 2.24) is 24.8 Å². The number of nitrogens with zero attached hydrogens (tertiary/aromatic N) is 4. The van der Waals surface area contributed by atoms with E-state index in [4.69, 9.17) is 4.74 Å². The maximum atomic E-state index is 13.7. The third-order valence-corrected chi connectivity index (χ3v) is 6.41. The number of nitrogens with one attached hydrogen (secondary N) is 1. The first-order chi connectivity index (χ1) is 14.1. The Morgan fingerprint density at radius 2 is 2.00 bits per heavy atom. The second-order valence-electron chi connectivity index (χ2n) is 8.20. The molecule has 5 rings (SSSR count). The van der Waals surface area contributed by atoms with Crippen LogP contribution in [0.3, 0.4) is 0 Å². The number of para-hydroxylation sites is 2. The van der Waals surface area contributed by atoms with Gasteiger partial charge in [-0.3, -0.25) is 4.79 Å². The topological polar surface area (TPSA) is 81.9 Å². The first-order valence-electron chi connectivity index (χ1n) is 10.3. The number of hydrogen-bond acceptors (Lipinski definition) is 6. The summed E-state index contributed by atoms with van der Waals surface area (Å²) in [4.78, 5) is 26.8. The van der Waals surface area contributed by atoms with E-state index in [-0.39, 0.29) is 17.6 Å². The molecule has 7 nitrogen and oxygen atoms in total. The van der Waals surface area contributed by atoms with E-state index in [9.17, 15) is 4.79 Å². The molecular weight excluding hydrogens is 366 g/mol. The average molecular weight is 391 g/mol. The summed E-state index contributed by atoms with van der Waals surface area (Å²) >= 11 is 0. The minimum Gasteiger partial charge on any atom is -0.467 e. The van der Waals surface area contributed by atoms with Gasteiger partial charge in [-0.2, -0.15) is 4.98 Å². The van der Waals surface area contributed by atoms with Gasteiger partial charge in [-0.25, -0.2) is 9.97 Å². The Hall–Kier alpha value is -2.80. The van der Waals surface area contributed by atoms with Gasteiger partial charge in [0, 0.05) is 24.3 Å². The molecule has 1 aromatic carbocycles. The van der Waals surface area contributed by atoms with Gasteiger partial charge in [-0.1, -0.05) is 19.1 Å². The second-order valence-corrected chi connectivity index (χ2v) is 8.20. The van der Waals surface area contributed by atoms with Crippen LogP contribution in [0.15, 0.2) is 41.3 Å². The van der Waals surface area contributed by atoms with Crippen LogP contribution in [0.5, 0.6) is 6.01 Å². The van der Waals surface area contributed by atoms with Crippen molar-refractivity contribution in [3.63, 3.8) is 0 Å². The van der Waals surface area contributed by atoms with Gasteiger partial charge in [0.05, 0.1) is 18.1 Å². The molecule has 4 heterocycles. The third kappa shape index (κ3) is 3.19. The van der Waals surface area contributed by atoms with E-state index in [0.717, 1.165) is 23.9 Å². The lowest BCUT2D eigenvalue weighted by Gasteiger charge is -2.44. The molecular formula is C22H25N5O2. The van der Waals surface area contributed by atoms with Gasteiger partial charge in [-0.05, 0) is 49.8 Å². The number of hydrogen-bond donors (Lipinski definition) is 1. The van der Waals surface area contributed by atoms with E-state index < -0.39 is 0 Å². The van der Waals surface area contributed by atoms with Crippen molar-refractivity contribution in [3.05, 3.63) is 46.9 Å². The van der Waals surface area contributed by atoms with E-state index >= 15 is 0 Å². The number of benzene rings is 1. The predicted octanol–water partition coefficient (Wildman–Crippen LogP) is 2.95. The Labute approximate surface area is 169 Å². The molecule has 7 heteroatoms. The number of fused-ring (bicyclic) bond motifs is 3. The maximum absolute atomic E-state index is 13.7. The normalized spacial score (nSPS) is 26.4. The summed E-state index contributed by atoms with van der Waals surface area (Å²) in [5, 5.41) is 3.76. The van der Waals surface area contributed by atoms with E-state index in [1.807, 2.05) is 28.8 Å². The first kappa shape index (κ1) is 18.2. The van der Waals surface area contributed by atoms with Crippen molar-refractivity contribution in [3.8, 4) is 17.4 Å². The van der Waals surface area contributed by atoms with Gasteiger partial charge in [0.2, 0.25) is 0 Å². The zero-order chi connectivity index (χ0) is 20.0. The van der Waals surface area contributed by atoms with Crippen LogP contribution < -0.4 is 15.6 Å². The molecule has 0 radical (unpaired) electrons. The van der Waals surface area contributed by atoms with Gasteiger partial charge in [0.15, 0.2) is 5.69 Å². The minimum atomic E-state index is -0.0953. The number of ether oxygens (including phenoxy) is 1. The molecule has 2 saturated heterocycles. The van der Waals surface area contributed by atoms with E-state index in [1.165, 1.54) is 20.0 Å². The van der Waals surface area contributed by atoms with Crippen LogP contribution in [-0.2, 0) is 0 Å². The van der Waals surface area contributed by atoms with Crippen molar-refractivity contribution in [2.24, 2.45) is 5.92 Å². The lowest BCUT2D eigenvalue weighted by atomic mass is 9.78. The lowest BCUT2D eigenvalue weighted by Crippen LogP contribution is -2.53. The van der Waals surface area contributed by atoms with Gasteiger partial charge >= 0.3 is 6.01 Å². The van der Waals surface area contributed by atoms with Crippen LogP contribution in [-0.4, -0.2) is 38.7 Å². The van der Waals surface area contributed by atoms with Crippen LogP contribution in [0.25, 0.3) is 22.4 Å². The molecule has 2 bridgehead atoms. The highest BCUT2D eigenvalue weighted by Gasteiger charge is 2.36.